The molecule has 2 aromatic carbocycles. The van der Waals surface area contributed by atoms with E-state index in [1.807, 2.05) is 4.72 Å². The molecule has 0 aliphatic carbocycles. The van der Waals surface area contributed by atoms with Crippen LogP contribution in [0.5, 0.6) is 0 Å². The molecule has 0 atom stereocenters. The molecular weight excluding hydrogens is 417 g/mol. The van der Waals surface area contributed by atoms with E-state index < -0.39 is 41.4 Å². The van der Waals surface area contributed by atoms with Crippen molar-refractivity contribution in [3.63, 3.8) is 0 Å². The van der Waals surface area contributed by atoms with Gasteiger partial charge in [0.05, 0.1) is 21.0 Å². The van der Waals surface area contributed by atoms with Gasteiger partial charge < -0.3 is 4.98 Å². The molecular formula is C17H13F3N2O4S2. The Morgan fingerprint density at radius 3 is 2.11 bits per heavy atom. The number of H-pyrrole nitrogens is 1. The van der Waals surface area contributed by atoms with Gasteiger partial charge in [0.1, 0.15) is 4.90 Å². The van der Waals surface area contributed by atoms with E-state index in [0.29, 0.717) is 12.1 Å². The molecule has 0 aliphatic rings. The number of hydrogen-bond donors (Lipinski definition) is 2. The third-order valence-corrected chi connectivity index (χ3v) is 6.95. The molecule has 148 valence electrons. The van der Waals surface area contributed by atoms with E-state index in [1.165, 1.54) is 42.7 Å². The molecule has 0 unspecified atom stereocenters. The van der Waals surface area contributed by atoms with Gasteiger partial charge >= 0.3 is 6.18 Å². The summed E-state index contributed by atoms with van der Waals surface area (Å²) in [5, 5.41) is 0. The van der Waals surface area contributed by atoms with Crippen molar-refractivity contribution < 1.29 is 30.0 Å². The van der Waals surface area contributed by atoms with E-state index in [9.17, 15) is 30.0 Å². The SMILES string of the molecule is O=S(=O)(Nc1cc[nH]c1)c1cc(S(=O)(=O)c2ccccc2)ccc1C(F)(F)F. The Balaban J connectivity index is 2.18. The van der Waals surface area contributed by atoms with Crippen LogP contribution in [0, 0.1) is 0 Å². The summed E-state index contributed by atoms with van der Waals surface area (Å²) in [7, 11) is -8.93. The van der Waals surface area contributed by atoms with E-state index in [-0.39, 0.29) is 10.6 Å². The molecule has 0 amide bonds. The Bertz CT molecular complexity index is 1190. The van der Waals surface area contributed by atoms with Crippen LogP contribution in [0.2, 0.25) is 0 Å². The number of rotatable bonds is 5. The number of anilines is 1. The van der Waals surface area contributed by atoms with Crippen LogP contribution in [-0.4, -0.2) is 21.8 Å². The van der Waals surface area contributed by atoms with Crippen LogP contribution in [0.3, 0.4) is 0 Å². The van der Waals surface area contributed by atoms with Gasteiger partial charge in [0.15, 0.2) is 0 Å². The molecule has 3 aromatic rings. The van der Waals surface area contributed by atoms with Crippen LogP contribution in [0.15, 0.2) is 81.7 Å². The fourth-order valence-corrected chi connectivity index (χ4v) is 5.14. The second-order valence-corrected chi connectivity index (χ2v) is 9.28. The normalized spacial score (nSPS) is 12.7. The zero-order valence-corrected chi connectivity index (χ0v) is 15.6. The monoisotopic (exact) mass is 430 g/mol. The summed E-state index contributed by atoms with van der Waals surface area (Å²) < 4.78 is 92.6. The van der Waals surface area contributed by atoms with E-state index in [2.05, 4.69) is 4.98 Å². The molecule has 0 radical (unpaired) electrons. The lowest BCUT2D eigenvalue weighted by atomic mass is 10.2. The fourth-order valence-electron chi connectivity index (χ4n) is 2.46. The molecule has 0 saturated heterocycles. The highest BCUT2D eigenvalue weighted by atomic mass is 32.2. The quantitative estimate of drug-likeness (QED) is 0.646. The summed E-state index contributed by atoms with van der Waals surface area (Å²) in [5.74, 6) is 0. The van der Waals surface area contributed by atoms with Crippen molar-refractivity contribution in [2.75, 3.05) is 4.72 Å². The highest BCUT2D eigenvalue weighted by Crippen LogP contribution is 2.37. The van der Waals surface area contributed by atoms with Crippen molar-refractivity contribution >= 4 is 25.5 Å². The van der Waals surface area contributed by atoms with Crippen molar-refractivity contribution in [1.82, 2.24) is 4.98 Å². The first-order valence-corrected chi connectivity index (χ1v) is 10.7. The first-order chi connectivity index (χ1) is 13.0. The number of sulfone groups is 1. The zero-order valence-electron chi connectivity index (χ0n) is 13.9. The molecule has 2 N–H and O–H groups in total. The minimum absolute atomic E-state index is 0.00411. The minimum Gasteiger partial charge on any atom is -0.366 e. The van der Waals surface area contributed by atoms with Gasteiger partial charge in [-0.1, -0.05) is 18.2 Å². The maximum Gasteiger partial charge on any atom is 0.417 e. The fraction of sp³-hybridized carbons (Fsp3) is 0.0588. The van der Waals surface area contributed by atoms with Gasteiger partial charge in [0, 0.05) is 12.4 Å². The number of aromatic amines is 1. The lowest BCUT2D eigenvalue weighted by Crippen LogP contribution is -2.19. The summed E-state index contributed by atoms with van der Waals surface area (Å²) in [4.78, 5) is 0.640. The number of sulfonamides is 1. The summed E-state index contributed by atoms with van der Waals surface area (Å²) in [6, 6.07) is 9.99. The van der Waals surface area contributed by atoms with Crippen molar-refractivity contribution in [3.05, 3.63) is 72.6 Å². The number of nitrogens with one attached hydrogen (secondary N) is 2. The topological polar surface area (TPSA) is 96.1 Å². The maximum atomic E-state index is 13.4. The van der Waals surface area contributed by atoms with E-state index >= 15 is 0 Å². The summed E-state index contributed by atoms with van der Waals surface area (Å²) in [5.41, 5.74) is -1.47. The van der Waals surface area contributed by atoms with Crippen LogP contribution in [-0.2, 0) is 26.0 Å². The Hall–Kier alpha value is -2.79. The third kappa shape index (κ3) is 3.90. The van der Waals surface area contributed by atoms with Crippen LogP contribution in [0.25, 0.3) is 0 Å². The standard InChI is InChI=1S/C17H13F3N2O4S2/c18-17(19,20)15-7-6-14(27(23,24)13-4-2-1-3-5-13)10-16(15)28(25,26)22-12-8-9-21-11-12/h1-11,21-22H. The van der Waals surface area contributed by atoms with Gasteiger partial charge in [0.25, 0.3) is 10.0 Å². The van der Waals surface area contributed by atoms with Gasteiger partial charge in [-0.2, -0.15) is 13.2 Å². The van der Waals surface area contributed by atoms with Gasteiger partial charge in [-0.15, -0.1) is 0 Å². The van der Waals surface area contributed by atoms with E-state index in [0.717, 1.165) is 6.07 Å². The summed E-state index contributed by atoms with van der Waals surface area (Å²) in [6.07, 6.45) is -2.40. The van der Waals surface area contributed by atoms with E-state index in [4.69, 9.17) is 0 Å². The molecule has 1 heterocycles. The predicted molar refractivity (Wildman–Crippen MR) is 94.9 cm³/mol. The molecule has 3 rings (SSSR count). The minimum atomic E-state index is -5.00. The molecule has 0 fully saturated rings. The van der Waals surface area contributed by atoms with Crippen molar-refractivity contribution in [1.29, 1.82) is 0 Å². The average molecular weight is 430 g/mol. The highest BCUT2D eigenvalue weighted by Gasteiger charge is 2.38. The molecule has 1 aromatic heterocycles. The van der Waals surface area contributed by atoms with E-state index in [1.54, 1.807) is 6.07 Å². The lowest BCUT2D eigenvalue weighted by molar-refractivity contribution is -0.139. The van der Waals surface area contributed by atoms with Gasteiger partial charge in [-0.25, -0.2) is 16.8 Å². The Kier molecular flexibility index (Phi) is 4.98. The number of alkyl halides is 3. The van der Waals surface area contributed by atoms with Crippen LogP contribution in [0.4, 0.5) is 18.9 Å². The highest BCUT2D eigenvalue weighted by molar-refractivity contribution is 7.93. The Morgan fingerprint density at radius 1 is 0.857 bits per heavy atom. The number of aromatic nitrogens is 1. The van der Waals surface area contributed by atoms with Crippen LogP contribution in [0.1, 0.15) is 5.56 Å². The predicted octanol–water partition coefficient (Wildman–Crippen LogP) is 3.67. The number of halogens is 3. The summed E-state index contributed by atoms with van der Waals surface area (Å²) >= 11 is 0. The molecule has 6 nitrogen and oxygen atoms in total. The van der Waals surface area contributed by atoms with Gasteiger partial charge in [0.2, 0.25) is 9.84 Å². The molecule has 11 heteroatoms. The van der Waals surface area contributed by atoms with Crippen molar-refractivity contribution in [3.8, 4) is 0 Å². The average Bonchev–Trinajstić information content (AvgIpc) is 3.13. The first-order valence-electron chi connectivity index (χ1n) is 7.69. The molecule has 0 saturated carbocycles. The van der Waals surface area contributed by atoms with Gasteiger partial charge in [-0.05, 0) is 36.4 Å². The van der Waals surface area contributed by atoms with Crippen molar-refractivity contribution in [2.24, 2.45) is 0 Å². The molecule has 0 spiro atoms. The lowest BCUT2D eigenvalue weighted by Gasteiger charge is -2.15. The number of hydrogen-bond acceptors (Lipinski definition) is 4. The largest absolute Gasteiger partial charge is 0.417 e. The molecule has 0 aliphatic heterocycles. The summed E-state index contributed by atoms with van der Waals surface area (Å²) in [6.45, 7) is 0. The number of benzene rings is 2. The smallest absolute Gasteiger partial charge is 0.366 e. The van der Waals surface area contributed by atoms with Gasteiger partial charge in [-0.3, -0.25) is 4.72 Å². The van der Waals surface area contributed by atoms with Crippen LogP contribution < -0.4 is 4.72 Å². The second-order valence-electron chi connectivity index (χ2n) is 5.68. The zero-order chi connectivity index (χ0) is 20.6. The first kappa shape index (κ1) is 20.0. The third-order valence-electron chi connectivity index (χ3n) is 3.76. The Labute approximate surface area is 159 Å². The Morgan fingerprint density at radius 2 is 1.54 bits per heavy atom. The maximum absolute atomic E-state index is 13.4. The van der Waals surface area contributed by atoms with Crippen molar-refractivity contribution in [2.45, 2.75) is 20.9 Å². The molecule has 28 heavy (non-hydrogen) atoms. The van der Waals surface area contributed by atoms with Crippen LogP contribution >= 0.6 is 0 Å². The molecule has 0 bridgehead atoms. The second kappa shape index (κ2) is 6.99.